The number of furan rings is 1. The fraction of sp³-hybridized carbons (Fsp3) is 0.533. The second-order valence-electron chi connectivity index (χ2n) is 5.62. The lowest BCUT2D eigenvalue weighted by atomic mass is 10.2. The third kappa shape index (κ3) is 4.56. The number of hydrogen-bond donors (Lipinski definition) is 1. The van der Waals surface area contributed by atoms with Gasteiger partial charge in [-0.3, -0.25) is 14.4 Å². The number of amides is 3. The fourth-order valence-corrected chi connectivity index (χ4v) is 2.28. The molecule has 8 nitrogen and oxygen atoms in total. The Morgan fingerprint density at radius 2 is 1.83 bits per heavy atom. The number of nitrogens with zero attached hydrogens (tertiary/aromatic N) is 3. The van der Waals surface area contributed by atoms with Gasteiger partial charge in [0.25, 0.3) is 5.91 Å². The molecule has 8 heteroatoms. The smallest absolute Gasteiger partial charge is 0.312 e. The van der Waals surface area contributed by atoms with Gasteiger partial charge in [0, 0.05) is 39.3 Å². The molecule has 1 aliphatic heterocycles. The molecule has 1 saturated heterocycles. The molecule has 0 saturated carbocycles. The molecule has 0 atom stereocenters. The Kier molecular flexibility index (Phi) is 5.75. The molecule has 1 aromatic heterocycles. The molecular formula is C15H22N4O4. The normalized spacial score (nSPS) is 14.9. The van der Waals surface area contributed by atoms with Crippen LogP contribution in [0.15, 0.2) is 22.8 Å². The largest absolute Gasteiger partial charge is 0.459 e. The number of carbonyl (C=O) groups is 3. The Bertz CT molecular complexity index is 548. The summed E-state index contributed by atoms with van der Waals surface area (Å²) in [6.45, 7) is 2.55. The summed E-state index contributed by atoms with van der Waals surface area (Å²) in [6, 6.07) is 3.27. The maximum atomic E-state index is 12.1. The molecule has 0 spiro atoms. The average molecular weight is 322 g/mol. The zero-order chi connectivity index (χ0) is 16.8. The molecular weight excluding hydrogens is 300 g/mol. The van der Waals surface area contributed by atoms with Gasteiger partial charge in [-0.1, -0.05) is 0 Å². The van der Waals surface area contributed by atoms with Crippen LogP contribution in [-0.2, 0) is 9.59 Å². The average Bonchev–Trinajstić information content (AvgIpc) is 3.07. The van der Waals surface area contributed by atoms with Crippen molar-refractivity contribution in [1.29, 1.82) is 0 Å². The van der Waals surface area contributed by atoms with Crippen LogP contribution in [0.4, 0.5) is 0 Å². The van der Waals surface area contributed by atoms with E-state index in [1.165, 1.54) is 11.2 Å². The Morgan fingerprint density at radius 3 is 2.39 bits per heavy atom. The van der Waals surface area contributed by atoms with E-state index in [-0.39, 0.29) is 11.7 Å². The molecule has 0 unspecified atom stereocenters. The number of carbonyl (C=O) groups excluding carboxylic acids is 3. The van der Waals surface area contributed by atoms with Crippen LogP contribution < -0.4 is 5.32 Å². The minimum atomic E-state index is -0.599. The molecule has 0 radical (unpaired) electrons. The first-order valence-corrected chi connectivity index (χ1v) is 7.53. The Labute approximate surface area is 135 Å². The van der Waals surface area contributed by atoms with Gasteiger partial charge >= 0.3 is 11.8 Å². The second kappa shape index (κ2) is 7.77. The van der Waals surface area contributed by atoms with E-state index in [0.29, 0.717) is 39.3 Å². The van der Waals surface area contributed by atoms with Gasteiger partial charge in [0.05, 0.1) is 6.26 Å². The summed E-state index contributed by atoms with van der Waals surface area (Å²) in [5.74, 6) is -1.06. The lowest BCUT2D eigenvalue weighted by molar-refractivity contribution is -0.146. The van der Waals surface area contributed by atoms with Gasteiger partial charge in [0.1, 0.15) is 0 Å². The van der Waals surface area contributed by atoms with E-state index in [0.717, 1.165) is 0 Å². The quantitative estimate of drug-likeness (QED) is 0.737. The van der Waals surface area contributed by atoms with Crippen molar-refractivity contribution in [3.8, 4) is 0 Å². The van der Waals surface area contributed by atoms with E-state index in [1.54, 1.807) is 17.0 Å². The van der Waals surface area contributed by atoms with Gasteiger partial charge in [-0.2, -0.15) is 0 Å². The van der Waals surface area contributed by atoms with E-state index >= 15 is 0 Å². The van der Waals surface area contributed by atoms with Crippen LogP contribution in [0.5, 0.6) is 0 Å². The Balaban J connectivity index is 1.78. The minimum absolute atomic E-state index is 0.197. The zero-order valence-corrected chi connectivity index (χ0v) is 13.4. The Morgan fingerprint density at radius 1 is 1.17 bits per heavy atom. The molecule has 1 N–H and O–H groups in total. The summed E-state index contributed by atoms with van der Waals surface area (Å²) in [6.07, 6.45) is 1.45. The van der Waals surface area contributed by atoms with Crippen LogP contribution >= 0.6 is 0 Å². The van der Waals surface area contributed by atoms with Gasteiger partial charge < -0.3 is 24.4 Å². The molecule has 2 heterocycles. The summed E-state index contributed by atoms with van der Waals surface area (Å²) >= 11 is 0. The number of piperazine rings is 1. The summed E-state index contributed by atoms with van der Waals surface area (Å²) in [5, 5.41) is 2.60. The summed E-state index contributed by atoms with van der Waals surface area (Å²) in [5.41, 5.74) is 0. The molecule has 1 aromatic rings. The van der Waals surface area contributed by atoms with Crippen LogP contribution in [0.2, 0.25) is 0 Å². The molecule has 3 amide bonds. The van der Waals surface area contributed by atoms with Crippen molar-refractivity contribution < 1.29 is 18.8 Å². The van der Waals surface area contributed by atoms with E-state index < -0.39 is 11.8 Å². The third-order valence-corrected chi connectivity index (χ3v) is 3.62. The highest BCUT2D eigenvalue weighted by Crippen LogP contribution is 2.09. The topological polar surface area (TPSA) is 86.1 Å². The maximum absolute atomic E-state index is 12.1. The summed E-state index contributed by atoms with van der Waals surface area (Å²) < 4.78 is 5.08. The van der Waals surface area contributed by atoms with Crippen LogP contribution in [0.1, 0.15) is 10.6 Å². The van der Waals surface area contributed by atoms with E-state index in [9.17, 15) is 14.4 Å². The molecule has 1 fully saturated rings. The van der Waals surface area contributed by atoms with Gasteiger partial charge in [-0.05, 0) is 26.2 Å². The first-order valence-electron chi connectivity index (χ1n) is 7.53. The van der Waals surface area contributed by atoms with Crippen molar-refractivity contribution in [1.82, 2.24) is 20.0 Å². The van der Waals surface area contributed by atoms with Crippen LogP contribution in [0.25, 0.3) is 0 Å². The van der Waals surface area contributed by atoms with Crippen molar-refractivity contribution in [3.63, 3.8) is 0 Å². The first-order chi connectivity index (χ1) is 11.0. The molecule has 0 bridgehead atoms. The molecule has 0 aliphatic carbocycles. The molecule has 2 rings (SSSR count). The number of likely N-dealkylation sites (N-methyl/N-ethyl adjacent to an activating group) is 1. The lowest BCUT2D eigenvalue weighted by Crippen LogP contribution is -2.54. The number of rotatable bonds is 4. The molecule has 1 aliphatic rings. The van der Waals surface area contributed by atoms with E-state index in [4.69, 9.17) is 4.42 Å². The predicted molar refractivity (Wildman–Crippen MR) is 82.8 cm³/mol. The molecule has 126 valence electrons. The van der Waals surface area contributed by atoms with Crippen molar-refractivity contribution in [3.05, 3.63) is 24.2 Å². The van der Waals surface area contributed by atoms with E-state index in [1.807, 2.05) is 19.0 Å². The van der Waals surface area contributed by atoms with Crippen molar-refractivity contribution in [2.75, 3.05) is 53.4 Å². The maximum Gasteiger partial charge on any atom is 0.312 e. The second-order valence-corrected chi connectivity index (χ2v) is 5.62. The number of hydrogen-bond acceptors (Lipinski definition) is 5. The summed E-state index contributed by atoms with van der Waals surface area (Å²) in [4.78, 5) is 41.0. The molecule has 0 aromatic carbocycles. The number of nitrogens with one attached hydrogen (secondary N) is 1. The SMILES string of the molecule is CN(C)CCNC(=O)C(=O)N1CCN(C(=O)c2ccco2)CC1. The highest BCUT2D eigenvalue weighted by Gasteiger charge is 2.28. The lowest BCUT2D eigenvalue weighted by Gasteiger charge is -2.33. The Hall–Kier alpha value is -2.35. The van der Waals surface area contributed by atoms with Crippen LogP contribution in [0.3, 0.4) is 0 Å². The van der Waals surface area contributed by atoms with Crippen LogP contribution in [-0.4, -0.2) is 85.8 Å². The monoisotopic (exact) mass is 322 g/mol. The van der Waals surface area contributed by atoms with Crippen molar-refractivity contribution in [2.24, 2.45) is 0 Å². The predicted octanol–water partition coefficient (Wildman–Crippen LogP) is -0.758. The highest BCUT2D eigenvalue weighted by atomic mass is 16.3. The van der Waals surface area contributed by atoms with Crippen molar-refractivity contribution >= 4 is 17.7 Å². The zero-order valence-electron chi connectivity index (χ0n) is 13.4. The van der Waals surface area contributed by atoms with E-state index in [2.05, 4.69) is 5.32 Å². The first kappa shape index (κ1) is 17.0. The van der Waals surface area contributed by atoms with Gasteiger partial charge in [-0.15, -0.1) is 0 Å². The third-order valence-electron chi connectivity index (χ3n) is 3.62. The highest BCUT2D eigenvalue weighted by molar-refractivity contribution is 6.35. The summed E-state index contributed by atoms with van der Waals surface area (Å²) in [7, 11) is 3.78. The van der Waals surface area contributed by atoms with Crippen LogP contribution in [0, 0.1) is 0 Å². The van der Waals surface area contributed by atoms with Gasteiger partial charge in [-0.25, -0.2) is 0 Å². The van der Waals surface area contributed by atoms with Gasteiger partial charge in [0.2, 0.25) is 0 Å². The standard InChI is InChI=1S/C15H22N4O4/c1-17(2)6-5-16-13(20)15(22)19-9-7-18(8-10-19)14(21)12-4-3-11-23-12/h3-4,11H,5-10H2,1-2H3,(H,16,20). The van der Waals surface area contributed by atoms with Gasteiger partial charge in [0.15, 0.2) is 5.76 Å². The van der Waals surface area contributed by atoms with Crippen molar-refractivity contribution in [2.45, 2.75) is 0 Å². The molecule has 23 heavy (non-hydrogen) atoms. The fourth-order valence-electron chi connectivity index (χ4n) is 2.28. The minimum Gasteiger partial charge on any atom is -0.459 e.